The maximum atomic E-state index is 13.2. The molecular weight excluding hydrogens is 240 g/mol. The van der Waals surface area contributed by atoms with Crippen molar-refractivity contribution in [3.05, 3.63) is 11.6 Å². The predicted octanol–water partition coefficient (Wildman–Crippen LogP) is 1.16. The number of rotatable bonds is 3. The van der Waals surface area contributed by atoms with Crippen molar-refractivity contribution in [1.82, 2.24) is 14.8 Å². The topological polar surface area (TPSA) is 56.7 Å². The molecule has 8 heteroatoms. The van der Waals surface area contributed by atoms with Crippen molar-refractivity contribution >= 4 is 0 Å². The Morgan fingerprint density at radius 2 is 2.12 bits per heavy atom. The van der Waals surface area contributed by atoms with Gasteiger partial charge in [0.25, 0.3) is 0 Å². The van der Waals surface area contributed by atoms with Gasteiger partial charge in [-0.15, -0.1) is 10.2 Å². The molecule has 96 valence electrons. The number of halogens is 4. The monoisotopic (exact) mass is 252 g/mol. The number of alkyl halides is 4. The standard InChI is InChI=1S/C9H12F4N4/c10-7(11)9(12,13)8-16-15-6-2-1-5(3-14)4-17(6)8/h5,7H,1-4,14H2. The highest BCUT2D eigenvalue weighted by Gasteiger charge is 2.48. The molecule has 0 spiro atoms. The number of aryl methyl sites for hydroxylation is 1. The summed E-state index contributed by atoms with van der Waals surface area (Å²) < 4.78 is 52.1. The third kappa shape index (κ3) is 2.01. The first-order valence-electron chi connectivity index (χ1n) is 5.25. The van der Waals surface area contributed by atoms with Gasteiger partial charge in [-0.3, -0.25) is 0 Å². The molecule has 0 radical (unpaired) electrons. The lowest BCUT2D eigenvalue weighted by atomic mass is 9.99. The molecule has 1 aliphatic heterocycles. The normalized spacial score (nSPS) is 20.7. The fraction of sp³-hybridized carbons (Fsp3) is 0.778. The zero-order chi connectivity index (χ0) is 12.6. The van der Waals surface area contributed by atoms with Gasteiger partial charge in [-0.25, -0.2) is 8.78 Å². The Labute approximate surface area is 94.8 Å². The van der Waals surface area contributed by atoms with Crippen molar-refractivity contribution in [3.8, 4) is 0 Å². The van der Waals surface area contributed by atoms with E-state index in [1.54, 1.807) is 0 Å². The van der Waals surface area contributed by atoms with E-state index in [1.807, 2.05) is 0 Å². The molecule has 0 fully saturated rings. The molecule has 1 aromatic rings. The molecule has 0 saturated carbocycles. The first-order chi connectivity index (χ1) is 7.96. The summed E-state index contributed by atoms with van der Waals surface area (Å²) in [4.78, 5) is 0. The molecule has 0 aliphatic carbocycles. The van der Waals surface area contributed by atoms with Crippen LogP contribution in [0.5, 0.6) is 0 Å². The smallest absolute Gasteiger partial charge is 0.330 e. The van der Waals surface area contributed by atoms with Crippen LogP contribution in [0.15, 0.2) is 0 Å². The van der Waals surface area contributed by atoms with E-state index >= 15 is 0 Å². The molecular formula is C9H12F4N4. The largest absolute Gasteiger partial charge is 0.365 e. The Bertz CT molecular complexity index is 404. The van der Waals surface area contributed by atoms with Crippen LogP contribution in [0, 0.1) is 5.92 Å². The Hall–Kier alpha value is -1.18. The minimum absolute atomic E-state index is 0.00530. The summed E-state index contributed by atoms with van der Waals surface area (Å²) in [7, 11) is 0. The first kappa shape index (κ1) is 12.3. The lowest BCUT2D eigenvalue weighted by Crippen LogP contribution is -2.33. The van der Waals surface area contributed by atoms with Crippen LogP contribution in [-0.2, 0) is 18.9 Å². The van der Waals surface area contributed by atoms with Crippen molar-refractivity contribution in [2.75, 3.05) is 6.54 Å². The highest BCUT2D eigenvalue weighted by Crippen LogP contribution is 2.35. The number of fused-ring (bicyclic) bond motifs is 1. The summed E-state index contributed by atoms with van der Waals surface area (Å²) >= 11 is 0. The molecule has 1 aliphatic rings. The van der Waals surface area contributed by atoms with E-state index in [0.29, 0.717) is 18.8 Å². The van der Waals surface area contributed by atoms with Gasteiger partial charge < -0.3 is 10.3 Å². The zero-order valence-electron chi connectivity index (χ0n) is 8.91. The summed E-state index contributed by atoms with van der Waals surface area (Å²) in [5, 5.41) is 6.73. The van der Waals surface area contributed by atoms with Crippen molar-refractivity contribution in [2.24, 2.45) is 11.7 Å². The second-order valence-electron chi connectivity index (χ2n) is 4.11. The molecule has 17 heavy (non-hydrogen) atoms. The molecule has 2 rings (SSSR count). The van der Waals surface area contributed by atoms with Gasteiger partial charge in [0, 0.05) is 13.0 Å². The van der Waals surface area contributed by atoms with Gasteiger partial charge in [-0.2, -0.15) is 8.78 Å². The van der Waals surface area contributed by atoms with Crippen molar-refractivity contribution < 1.29 is 17.6 Å². The Morgan fingerprint density at radius 3 is 2.71 bits per heavy atom. The van der Waals surface area contributed by atoms with Crippen LogP contribution in [0.25, 0.3) is 0 Å². The van der Waals surface area contributed by atoms with Crippen LogP contribution in [-0.4, -0.2) is 27.7 Å². The molecule has 0 aromatic carbocycles. The molecule has 1 unspecified atom stereocenters. The molecule has 1 aromatic heterocycles. The van der Waals surface area contributed by atoms with Gasteiger partial charge in [0.05, 0.1) is 0 Å². The summed E-state index contributed by atoms with van der Waals surface area (Å²) in [6, 6.07) is 0. The second-order valence-corrected chi connectivity index (χ2v) is 4.11. The lowest BCUT2D eigenvalue weighted by Gasteiger charge is -2.24. The first-order valence-corrected chi connectivity index (χ1v) is 5.25. The van der Waals surface area contributed by atoms with Gasteiger partial charge in [-0.05, 0) is 18.9 Å². The Morgan fingerprint density at radius 1 is 1.41 bits per heavy atom. The fourth-order valence-electron chi connectivity index (χ4n) is 1.93. The lowest BCUT2D eigenvalue weighted by molar-refractivity contribution is -0.143. The second kappa shape index (κ2) is 4.25. The average molecular weight is 252 g/mol. The van der Waals surface area contributed by atoms with Crippen LogP contribution >= 0.6 is 0 Å². The molecule has 0 saturated heterocycles. The summed E-state index contributed by atoms with van der Waals surface area (Å²) in [6.07, 6.45) is -2.63. The van der Waals surface area contributed by atoms with Gasteiger partial charge >= 0.3 is 12.3 Å². The highest BCUT2D eigenvalue weighted by atomic mass is 19.3. The number of hydrogen-bond donors (Lipinski definition) is 1. The Kier molecular flexibility index (Phi) is 3.07. The van der Waals surface area contributed by atoms with E-state index in [9.17, 15) is 17.6 Å². The Balaban J connectivity index is 2.35. The quantitative estimate of drug-likeness (QED) is 0.821. The molecule has 4 nitrogen and oxygen atoms in total. The van der Waals surface area contributed by atoms with Crippen LogP contribution in [0.1, 0.15) is 18.1 Å². The molecule has 2 N–H and O–H groups in total. The van der Waals surface area contributed by atoms with E-state index in [2.05, 4.69) is 10.2 Å². The SMILES string of the molecule is NCC1CCc2nnc(C(F)(F)C(F)F)n2C1. The van der Waals surface area contributed by atoms with Crippen LogP contribution in [0.2, 0.25) is 0 Å². The van der Waals surface area contributed by atoms with E-state index in [0.717, 1.165) is 11.0 Å². The minimum atomic E-state index is -4.26. The van der Waals surface area contributed by atoms with Gasteiger partial charge in [-0.1, -0.05) is 0 Å². The summed E-state index contributed by atoms with van der Waals surface area (Å²) in [5.74, 6) is -4.89. The average Bonchev–Trinajstić information content (AvgIpc) is 2.71. The van der Waals surface area contributed by atoms with E-state index in [4.69, 9.17) is 5.73 Å². The number of nitrogens with zero attached hydrogens (tertiary/aromatic N) is 3. The van der Waals surface area contributed by atoms with Crippen LogP contribution in [0.4, 0.5) is 17.6 Å². The number of aromatic nitrogens is 3. The highest BCUT2D eigenvalue weighted by molar-refractivity contribution is 5.06. The maximum absolute atomic E-state index is 13.2. The molecule has 2 heterocycles. The van der Waals surface area contributed by atoms with Crippen LogP contribution in [0.3, 0.4) is 0 Å². The van der Waals surface area contributed by atoms with Gasteiger partial charge in [0.15, 0.2) is 0 Å². The zero-order valence-corrected chi connectivity index (χ0v) is 8.91. The number of nitrogens with two attached hydrogens (primary N) is 1. The molecule has 0 amide bonds. The van der Waals surface area contributed by atoms with Gasteiger partial charge in [0.1, 0.15) is 5.82 Å². The van der Waals surface area contributed by atoms with E-state index in [-0.39, 0.29) is 12.5 Å². The predicted molar refractivity (Wildman–Crippen MR) is 50.8 cm³/mol. The number of hydrogen-bond acceptors (Lipinski definition) is 3. The van der Waals surface area contributed by atoms with Crippen LogP contribution < -0.4 is 5.73 Å². The third-order valence-electron chi connectivity index (χ3n) is 2.95. The van der Waals surface area contributed by atoms with Crippen molar-refractivity contribution in [3.63, 3.8) is 0 Å². The van der Waals surface area contributed by atoms with E-state index in [1.165, 1.54) is 0 Å². The minimum Gasteiger partial charge on any atom is -0.330 e. The van der Waals surface area contributed by atoms with Crippen molar-refractivity contribution in [2.45, 2.75) is 31.7 Å². The molecule has 0 bridgehead atoms. The molecule has 1 atom stereocenters. The fourth-order valence-corrected chi connectivity index (χ4v) is 1.93. The third-order valence-corrected chi connectivity index (χ3v) is 2.95. The summed E-state index contributed by atoms with van der Waals surface area (Å²) in [6.45, 7) is 0.508. The van der Waals surface area contributed by atoms with Gasteiger partial charge in [0.2, 0.25) is 5.82 Å². The van der Waals surface area contributed by atoms with E-state index < -0.39 is 18.2 Å². The maximum Gasteiger partial charge on any atom is 0.365 e. The summed E-state index contributed by atoms with van der Waals surface area (Å²) in [5.41, 5.74) is 5.46. The van der Waals surface area contributed by atoms with Crippen molar-refractivity contribution in [1.29, 1.82) is 0 Å².